The largest absolute Gasteiger partial charge is 0.330 e. The highest BCUT2D eigenvalue weighted by atomic mass is 14.5. The zero-order chi connectivity index (χ0) is 15.0. The molecule has 0 spiro atoms. The lowest BCUT2D eigenvalue weighted by Crippen LogP contribution is -2.34. The van der Waals surface area contributed by atoms with E-state index in [1.54, 1.807) is 0 Å². The van der Waals surface area contributed by atoms with Crippen LogP contribution in [0.1, 0.15) is 69.2 Å². The minimum absolute atomic E-state index is 0.253. The molecule has 0 amide bonds. The van der Waals surface area contributed by atoms with Gasteiger partial charge in [-0.15, -0.1) is 0 Å². The number of nitrogens with two attached hydrogens (primary N) is 1. The first-order valence-electron chi connectivity index (χ1n) is 7.62. The lowest BCUT2D eigenvalue weighted by atomic mass is 9.62. The van der Waals surface area contributed by atoms with Crippen LogP contribution in [-0.4, -0.2) is 6.54 Å². The molecule has 1 aromatic carbocycles. The second-order valence-corrected chi connectivity index (χ2v) is 7.32. The fourth-order valence-corrected chi connectivity index (χ4v) is 3.09. The van der Waals surface area contributed by atoms with Crippen LogP contribution in [0, 0.1) is 18.8 Å². The summed E-state index contributed by atoms with van der Waals surface area (Å²) in [5, 5.41) is 0. The van der Waals surface area contributed by atoms with Crippen LogP contribution in [0.25, 0.3) is 0 Å². The summed E-state index contributed by atoms with van der Waals surface area (Å²) in [5.74, 6) is 6.47. The first-order valence-corrected chi connectivity index (χ1v) is 7.62. The lowest BCUT2D eigenvalue weighted by Gasteiger charge is -2.42. The van der Waals surface area contributed by atoms with Crippen molar-refractivity contribution in [3.8, 4) is 11.8 Å². The molecule has 0 aliphatic heterocycles. The Morgan fingerprint density at radius 2 is 1.60 bits per heavy atom. The SMILES string of the molecule is Cc1cc2c(cc1C#CCCN)C(C)(C)CCC2(C)C. The van der Waals surface area contributed by atoms with Gasteiger partial charge in [-0.3, -0.25) is 0 Å². The number of hydrogen-bond donors (Lipinski definition) is 1. The summed E-state index contributed by atoms with van der Waals surface area (Å²) in [6.07, 6.45) is 3.27. The number of aryl methyl sites for hydroxylation is 1. The molecule has 2 N–H and O–H groups in total. The molecule has 0 fully saturated rings. The number of rotatable bonds is 1. The molecule has 1 aromatic rings. The molecule has 0 heterocycles. The number of fused-ring (bicyclic) bond motifs is 1. The van der Waals surface area contributed by atoms with Gasteiger partial charge in [-0.05, 0) is 53.4 Å². The fourth-order valence-electron chi connectivity index (χ4n) is 3.09. The normalized spacial score (nSPS) is 18.9. The minimum Gasteiger partial charge on any atom is -0.330 e. The van der Waals surface area contributed by atoms with Crippen molar-refractivity contribution in [2.45, 2.75) is 64.7 Å². The Balaban J connectivity index is 2.56. The third kappa shape index (κ3) is 2.76. The van der Waals surface area contributed by atoms with Gasteiger partial charge in [-0.1, -0.05) is 45.6 Å². The van der Waals surface area contributed by atoms with Gasteiger partial charge in [0, 0.05) is 18.5 Å². The van der Waals surface area contributed by atoms with E-state index in [4.69, 9.17) is 5.73 Å². The highest BCUT2D eigenvalue weighted by Crippen LogP contribution is 2.46. The van der Waals surface area contributed by atoms with Crippen molar-refractivity contribution in [2.24, 2.45) is 5.73 Å². The summed E-state index contributed by atoms with van der Waals surface area (Å²) in [6.45, 7) is 12.2. The zero-order valence-corrected chi connectivity index (χ0v) is 13.6. The number of benzene rings is 1. The first kappa shape index (κ1) is 15.1. The molecular weight excluding hydrogens is 242 g/mol. The first-order chi connectivity index (χ1) is 9.28. The second-order valence-electron chi connectivity index (χ2n) is 7.32. The quantitative estimate of drug-likeness (QED) is 0.765. The van der Waals surface area contributed by atoms with Crippen LogP contribution in [0.4, 0.5) is 0 Å². The van der Waals surface area contributed by atoms with Gasteiger partial charge >= 0.3 is 0 Å². The van der Waals surface area contributed by atoms with Crippen molar-refractivity contribution in [2.75, 3.05) is 6.54 Å². The van der Waals surface area contributed by atoms with E-state index in [1.165, 1.54) is 35.1 Å². The fraction of sp³-hybridized carbons (Fsp3) is 0.579. The van der Waals surface area contributed by atoms with Gasteiger partial charge in [0.1, 0.15) is 0 Å². The Hall–Kier alpha value is -1.26. The van der Waals surface area contributed by atoms with E-state index in [0.29, 0.717) is 6.54 Å². The molecule has 0 saturated carbocycles. The molecule has 0 saturated heterocycles. The van der Waals surface area contributed by atoms with Crippen molar-refractivity contribution in [3.05, 3.63) is 34.4 Å². The van der Waals surface area contributed by atoms with Crippen molar-refractivity contribution in [3.63, 3.8) is 0 Å². The standard InChI is InChI=1S/C19H27N/c1-14-12-16-17(13-15(14)8-6-7-11-20)19(4,5)10-9-18(16,2)3/h12-13H,7,9-11,20H2,1-5H3. The van der Waals surface area contributed by atoms with Gasteiger partial charge in [-0.2, -0.15) is 0 Å². The number of hydrogen-bond acceptors (Lipinski definition) is 1. The Kier molecular flexibility index (Phi) is 3.98. The molecule has 1 heteroatoms. The van der Waals surface area contributed by atoms with E-state index in [0.717, 1.165) is 6.42 Å². The summed E-state index contributed by atoms with van der Waals surface area (Å²) < 4.78 is 0. The molecule has 108 valence electrons. The average Bonchev–Trinajstić information content (AvgIpc) is 2.37. The summed E-state index contributed by atoms with van der Waals surface area (Å²) in [5.41, 5.74) is 11.5. The molecule has 0 unspecified atom stereocenters. The molecule has 1 aliphatic rings. The van der Waals surface area contributed by atoms with Gasteiger partial charge in [0.2, 0.25) is 0 Å². The molecule has 20 heavy (non-hydrogen) atoms. The Bertz CT molecular complexity index is 567. The third-order valence-electron chi connectivity index (χ3n) is 4.69. The van der Waals surface area contributed by atoms with Crippen LogP contribution >= 0.6 is 0 Å². The van der Waals surface area contributed by atoms with E-state index in [2.05, 4.69) is 58.6 Å². The van der Waals surface area contributed by atoms with Crippen molar-refractivity contribution < 1.29 is 0 Å². The van der Waals surface area contributed by atoms with E-state index >= 15 is 0 Å². The van der Waals surface area contributed by atoms with Crippen LogP contribution in [0.2, 0.25) is 0 Å². The van der Waals surface area contributed by atoms with Crippen LogP contribution in [-0.2, 0) is 10.8 Å². The van der Waals surface area contributed by atoms with Gasteiger partial charge in [-0.25, -0.2) is 0 Å². The van der Waals surface area contributed by atoms with Gasteiger partial charge in [0.05, 0.1) is 0 Å². The van der Waals surface area contributed by atoms with Crippen LogP contribution in [0.15, 0.2) is 12.1 Å². The Morgan fingerprint density at radius 3 is 2.15 bits per heavy atom. The monoisotopic (exact) mass is 269 g/mol. The van der Waals surface area contributed by atoms with E-state index in [-0.39, 0.29) is 10.8 Å². The molecule has 0 radical (unpaired) electrons. The van der Waals surface area contributed by atoms with Crippen LogP contribution < -0.4 is 5.73 Å². The highest BCUT2D eigenvalue weighted by Gasteiger charge is 2.37. The average molecular weight is 269 g/mol. The second kappa shape index (κ2) is 5.26. The summed E-state index contributed by atoms with van der Waals surface area (Å²) in [7, 11) is 0. The van der Waals surface area contributed by atoms with E-state index < -0.39 is 0 Å². The van der Waals surface area contributed by atoms with Crippen molar-refractivity contribution in [1.29, 1.82) is 0 Å². The Morgan fingerprint density at radius 1 is 1.05 bits per heavy atom. The van der Waals surface area contributed by atoms with Gasteiger partial charge < -0.3 is 5.73 Å². The van der Waals surface area contributed by atoms with E-state index in [9.17, 15) is 0 Å². The maximum absolute atomic E-state index is 5.52. The zero-order valence-electron chi connectivity index (χ0n) is 13.6. The molecule has 1 nitrogen and oxygen atoms in total. The lowest BCUT2D eigenvalue weighted by molar-refractivity contribution is 0.331. The third-order valence-corrected chi connectivity index (χ3v) is 4.69. The summed E-state index contributed by atoms with van der Waals surface area (Å²) in [4.78, 5) is 0. The summed E-state index contributed by atoms with van der Waals surface area (Å²) in [6, 6.07) is 4.69. The predicted molar refractivity (Wildman–Crippen MR) is 87.0 cm³/mol. The molecule has 2 rings (SSSR count). The van der Waals surface area contributed by atoms with Crippen molar-refractivity contribution in [1.82, 2.24) is 0 Å². The smallest absolute Gasteiger partial charge is 0.0277 e. The highest BCUT2D eigenvalue weighted by molar-refractivity contribution is 5.52. The summed E-state index contributed by atoms with van der Waals surface area (Å²) >= 11 is 0. The maximum Gasteiger partial charge on any atom is 0.0277 e. The van der Waals surface area contributed by atoms with Gasteiger partial charge in [0.15, 0.2) is 0 Å². The molecular formula is C19H27N. The maximum atomic E-state index is 5.52. The van der Waals surface area contributed by atoms with E-state index in [1.807, 2.05) is 0 Å². The minimum atomic E-state index is 0.253. The predicted octanol–water partition coefficient (Wildman–Crippen LogP) is 4.04. The topological polar surface area (TPSA) is 26.0 Å². The molecule has 1 aliphatic carbocycles. The molecule has 0 bridgehead atoms. The van der Waals surface area contributed by atoms with Crippen LogP contribution in [0.5, 0.6) is 0 Å². The van der Waals surface area contributed by atoms with Crippen molar-refractivity contribution >= 4 is 0 Å². The van der Waals surface area contributed by atoms with Crippen LogP contribution in [0.3, 0.4) is 0 Å². The molecule has 0 atom stereocenters. The van der Waals surface area contributed by atoms with Gasteiger partial charge in [0.25, 0.3) is 0 Å². The Labute approximate surface area is 124 Å². The molecule has 0 aromatic heterocycles.